The number of hydrogen-bond acceptors (Lipinski definition) is 2. The lowest BCUT2D eigenvalue weighted by molar-refractivity contribution is -0.137. The van der Waals surface area contributed by atoms with E-state index in [1.165, 1.54) is 30.3 Å². The van der Waals surface area contributed by atoms with Crippen LogP contribution in [0, 0.1) is 0 Å². The maximum atomic E-state index is 12.8. The highest BCUT2D eigenvalue weighted by Gasteiger charge is 2.40. The molecule has 0 aliphatic heterocycles. The molecule has 10 heteroatoms. The minimum absolute atomic E-state index is 0.0155. The Labute approximate surface area is 159 Å². The standard InChI is InChI=1S/C19H12F6N2O2/c20-18(21,22)11-4-3-5-12(8-11)26-16(28)10-27-9-14(17(29)19(23,24)25)13-6-1-2-7-15(13)27/h1-9H,10H2,(H,26,28). The van der Waals surface area contributed by atoms with Gasteiger partial charge in [0.05, 0.1) is 11.1 Å². The van der Waals surface area contributed by atoms with Crippen molar-refractivity contribution in [2.45, 2.75) is 18.9 Å². The van der Waals surface area contributed by atoms with Gasteiger partial charge in [0, 0.05) is 22.8 Å². The predicted octanol–water partition coefficient (Wildman–Crippen LogP) is 5.04. The number of hydrogen-bond donors (Lipinski definition) is 1. The van der Waals surface area contributed by atoms with Gasteiger partial charge >= 0.3 is 12.4 Å². The van der Waals surface area contributed by atoms with Gasteiger partial charge in [0.25, 0.3) is 5.78 Å². The largest absolute Gasteiger partial charge is 0.454 e. The number of carbonyl (C=O) groups is 2. The van der Waals surface area contributed by atoms with Crippen molar-refractivity contribution < 1.29 is 35.9 Å². The summed E-state index contributed by atoms with van der Waals surface area (Å²) in [5, 5.41) is 2.28. The molecular weight excluding hydrogens is 402 g/mol. The van der Waals surface area contributed by atoms with Crippen LogP contribution in [0.15, 0.2) is 54.7 Å². The Bertz CT molecular complexity index is 1080. The van der Waals surface area contributed by atoms with E-state index in [0.29, 0.717) is 0 Å². The molecule has 0 bridgehead atoms. The molecule has 0 atom stereocenters. The second-order valence-corrected chi connectivity index (χ2v) is 6.14. The molecule has 1 aromatic heterocycles. The molecule has 0 spiro atoms. The number of anilines is 1. The van der Waals surface area contributed by atoms with Crippen molar-refractivity contribution in [3.05, 3.63) is 65.9 Å². The van der Waals surface area contributed by atoms with Crippen LogP contribution in [0.5, 0.6) is 0 Å². The zero-order valence-electron chi connectivity index (χ0n) is 14.4. The first kappa shape index (κ1) is 20.4. The summed E-state index contributed by atoms with van der Waals surface area (Å²) in [6.07, 6.45) is -8.77. The molecule has 152 valence electrons. The van der Waals surface area contributed by atoms with Gasteiger partial charge in [-0.2, -0.15) is 26.3 Å². The summed E-state index contributed by atoms with van der Waals surface area (Å²) in [5.74, 6) is -2.82. The molecule has 3 rings (SSSR count). The number of para-hydroxylation sites is 1. The van der Waals surface area contributed by atoms with Gasteiger partial charge in [0.1, 0.15) is 6.54 Å². The summed E-state index contributed by atoms with van der Waals surface area (Å²) in [6, 6.07) is 9.65. The van der Waals surface area contributed by atoms with Gasteiger partial charge in [-0.25, -0.2) is 0 Å². The number of nitrogens with zero attached hydrogens (tertiary/aromatic N) is 1. The Hall–Kier alpha value is -3.30. The van der Waals surface area contributed by atoms with Crippen LogP contribution in [0.25, 0.3) is 10.9 Å². The third-order valence-corrected chi connectivity index (χ3v) is 4.08. The lowest BCUT2D eigenvalue weighted by Gasteiger charge is -2.10. The van der Waals surface area contributed by atoms with Crippen LogP contribution in [0.1, 0.15) is 15.9 Å². The number of nitrogens with one attached hydrogen (secondary N) is 1. The molecule has 1 heterocycles. The van der Waals surface area contributed by atoms with E-state index in [4.69, 9.17) is 0 Å². The molecular formula is C19H12F6N2O2. The molecule has 0 fully saturated rings. The summed E-state index contributed by atoms with van der Waals surface area (Å²) >= 11 is 0. The predicted molar refractivity (Wildman–Crippen MR) is 92.4 cm³/mol. The Balaban J connectivity index is 1.87. The van der Waals surface area contributed by atoms with Crippen LogP contribution in [0.3, 0.4) is 0 Å². The Kier molecular flexibility index (Phi) is 5.12. The van der Waals surface area contributed by atoms with Crippen LogP contribution in [-0.2, 0) is 17.5 Å². The number of rotatable bonds is 4. The minimum atomic E-state index is -5.09. The number of carbonyl (C=O) groups excluding carboxylic acids is 2. The highest BCUT2D eigenvalue weighted by atomic mass is 19.4. The summed E-state index contributed by atoms with van der Waals surface area (Å²) in [5.41, 5.74) is -1.48. The summed E-state index contributed by atoms with van der Waals surface area (Å²) < 4.78 is 77.9. The van der Waals surface area contributed by atoms with Crippen molar-refractivity contribution in [1.29, 1.82) is 0 Å². The van der Waals surface area contributed by atoms with E-state index >= 15 is 0 Å². The van der Waals surface area contributed by atoms with Crippen molar-refractivity contribution in [3.63, 3.8) is 0 Å². The monoisotopic (exact) mass is 414 g/mol. The average molecular weight is 414 g/mol. The summed E-state index contributed by atoms with van der Waals surface area (Å²) in [7, 11) is 0. The first-order valence-electron chi connectivity index (χ1n) is 8.13. The minimum Gasteiger partial charge on any atom is -0.337 e. The Morgan fingerprint density at radius 3 is 2.28 bits per heavy atom. The topological polar surface area (TPSA) is 51.1 Å². The molecule has 0 radical (unpaired) electrons. The Morgan fingerprint density at radius 1 is 0.931 bits per heavy atom. The fourth-order valence-corrected chi connectivity index (χ4v) is 2.84. The number of alkyl halides is 6. The first-order chi connectivity index (χ1) is 13.5. The van der Waals surface area contributed by atoms with E-state index in [1.54, 1.807) is 0 Å². The zero-order valence-corrected chi connectivity index (χ0v) is 14.4. The molecule has 0 saturated carbocycles. The number of fused-ring (bicyclic) bond motifs is 1. The van der Waals surface area contributed by atoms with E-state index in [2.05, 4.69) is 5.32 Å². The molecule has 1 N–H and O–H groups in total. The third-order valence-electron chi connectivity index (χ3n) is 4.08. The van der Waals surface area contributed by atoms with Crippen molar-refractivity contribution in [2.24, 2.45) is 0 Å². The van der Waals surface area contributed by atoms with Crippen LogP contribution in [-0.4, -0.2) is 22.4 Å². The maximum absolute atomic E-state index is 12.8. The van der Waals surface area contributed by atoms with Gasteiger partial charge in [-0.15, -0.1) is 0 Å². The molecule has 0 aliphatic rings. The van der Waals surface area contributed by atoms with Crippen molar-refractivity contribution in [3.8, 4) is 0 Å². The lowest BCUT2D eigenvalue weighted by atomic mass is 10.1. The fourth-order valence-electron chi connectivity index (χ4n) is 2.84. The van der Waals surface area contributed by atoms with E-state index in [1.807, 2.05) is 0 Å². The van der Waals surface area contributed by atoms with Crippen molar-refractivity contribution >= 4 is 28.3 Å². The molecule has 29 heavy (non-hydrogen) atoms. The van der Waals surface area contributed by atoms with E-state index < -0.39 is 41.7 Å². The highest BCUT2D eigenvalue weighted by molar-refractivity contribution is 6.11. The van der Waals surface area contributed by atoms with Crippen LogP contribution < -0.4 is 5.32 Å². The van der Waals surface area contributed by atoms with Crippen molar-refractivity contribution in [2.75, 3.05) is 5.32 Å². The van der Waals surface area contributed by atoms with Gasteiger partial charge in [-0.3, -0.25) is 9.59 Å². The molecule has 0 unspecified atom stereocenters. The summed E-state index contributed by atoms with van der Waals surface area (Å²) in [6.45, 7) is -0.498. The highest BCUT2D eigenvalue weighted by Crippen LogP contribution is 2.31. The molecule has 4 nitrogen and oxygen atoms in total. The second-order valence-electron chi connectivity index (χ2n) is 6.14. The van der Waals surface area contributed by atoms with Gasteiger partial charge in [0.15, 0.2) is 0 Å². The Morgan fingerprint density at radius 2 is 1.62 bits per heavy atom. The second kappa shape index (κ2) is 7.26. The number of Topliss-reactive ketones (excluding diaryl/α,β-unsaturated/α-hetero) is 1. The first-order valence-corrected chi connectivity index (χ1v) is 8.13. The van der Waals surface area contributed by atoms with Crippen LogP contribution >= 0.6 is 0 Å². The normalized spacial score (nSPS) is 12.2. The molecule has 1 amide bonds. The number of amides is 1. The smallest absolute Gasteiger partial charge is 0.337 e. The quantitative estimate of drug-likeness (QED) is 0.480. The number of aromatic nitrogens is 1. The number of benzene rings is 2. The molecule has 0 saturated heterocycles. The third kappa shape index (κ3) is 4.41. The van der Waals surface area contributed by atoms with Crippen LogP contribution in [0.4, 0.5) is 32.0 Å². The number of ketones is 1. The zero-order chi connectivity index (χ0) is 21.4. The average Bonchev–Trinajstić information content (AvgIpc) is 2.98. The molecule has 2 aromatic carbocycles. The van der Waals surface area contributed by atoms with Gasteiger partial charge in [0.2, 0.25) is 5.91 Å². The SMILES string of the molecule is O=C(Cn1cc(C(=O)C(F)(F)F)c2ccccc21)Nc1cccc(C(F)(F)F)c1. The van der Waals surface area contributed by atoms with Gasteiger partial charge in [-0.05, 0) is 24.3 Å². The maximum Gasteiger partial charge on any atom is 0.454 e. The molecule has 0 aliphatic carbocycles. The van der Waals surface area contributed by atoms with Crippen LogP contribution in [0.2, 0.25) is 0 Å². The summed E-state index contributed by atoms with van der Waals surface area (Å²) in [4.78, 5) is 23.9. The van der Waals surface area contributed by atoms with Gasteiger partial charge < -0.3 is 9.88 Å². The van der Waals surface area contributed by atoms with E-state index in [0.717, 1.165) is 29.0 Å². The van der Waals surface area contributed by atoms with E-state index in [9.17, 15) is 35.9 Å². The van der Waals surface area contributed by atoms with Crippen molar-refractivity contribution in [1.82, 2.24) is 4.57 Å². The fraction of sp³-hybridized carbons (Fsp3) is 0.158. The molecule has 3 aromatic rings. The van der Waals surface area contributed by atoms with Gasteiger partial charge in [-0.1, -0.05) is 24.3 Å². The lowest BCUT2D eigenvalue weighted by Crippen LogP contribution is -2.22. The van der Waals surface area contributed by atoms with E-state index in [-0.39, 0.29) is 16.6 Å². The number of halogens is 6.